The van der Waals surface area contributed by atoms with Gasteiger partial charge in [0.1, 0.15) is 30.0 Å². The molecule has 24 nitrogen and oxygen atoms in total. The Hall–Kier alpha value is -2.31. The van der Waals surface area contributed by atoms with Gasteiger partial charge in [-0.3, -0.25) is 27.7 Å². The van der Waals surface area contributed by atoms with Crippen molar-refractivity contribution in [1.82, 2.24) is 30.2 Å². The second-order valence-corrected chi connectivity index (χ2v) is 17.8. The summed E-state index contributed by atoms with van der Waals surface area (Å²) in [5.74, 6) is -1.05. The number of anilines is 1. The molecule has 53 heavy (non-hydrogen) atoms. The number of ether oxygens (including phenoxy) is 2. The Balaban J connectivity index is 1.68. The fourth-order valence-electron chi connectivity index (χ4n) is 4.50. The van der Waals surface area contributed by atoms with E-state index >= 15 is 0 Å². The predicted octanol–water partition coefficient (Wildman–Crippen LogP) is -0.488. The first-order valence-corrected chi connectivity index (χ1v) is 20.7. The van der Waals surface area contributed by atoms with E-state index in [1.165, 1.54) is 13.8 Å². The fourth-order valence-corrected chi connectivity index (χ4v) is 7.44. The van der Waals surface area contributed by atoms with Crippen molar-refractivity contribution < 1.29 is 80.4 Å². The number of aliphatic hydroxyl groups is 2. The average molecular weight is 840 g/mol. The van der Waals surface area contributed by atoms with E-state index in [2.05, 4.69) is 47.0 Å². The molecular weight excluding hydrogens is 795 g/mol. The van der Waals surface area contributed by atoms with Gasteiger partial charge in [-0.1, -0.05) is 13.8 Å². The molecule has 0 aliphatic carbocycles. The van der Waals surface area contributed by atoms with Gasteiger partial charge in [-0.25, -0.2) is 18.7 Å². The molecule has 2 aromatic heterocycles. The molecule has 0 saturated carbocycles. The number of nitrogens with two attached hydrogens (primary N) is 1. The molecule has 1 aliphatic heterocycles. The minimum atomic E-state index is -5.58. The Morgan fingerprint density at radius 1 is 1.06 bits per heavy atom. The summed E-state index contributed by atoms with van der Waals surface area (Å²) < 4.78 is 68.0. The van der Waals surface area contributed by atoms with Gasteiger partial charge in [-0.05, 0) is 20.8 Å². The molecule has 302 valence electrons. The second kappa shape index (κ2) is 17.7. The highest BCUT2D eigenvalue weighted by atomic mass is 32.1. The molecule has 1 saturated heterocycles. The molecule has 1 aliphatic rings. The van der Waals surface area contributed by atoms with Crippen LogP contribution < -0.4 is 21.1 Å². The minimum absolute atomic E-state index is 0.0297. The highest BCUT2D eigenvalue weighted by molar-refractivity contribution is 7.80. The first-order valence-electron chi connectivity index (χ1n) is 15.5. The molecule has 0 bridgehead atoms. The van der Waals surface area contributed by atoms with Gasteiger partial charge in [-0.2, -0.15) is 26.9 Å². The van der Waals surface area contributed by atoms with E-state index in [1.807, 2.05) is 0 Å². The molecule has 2 aromatic rings. The number of amides is 2. The third kappa shape index (κ3) is 13.4. The third-order valence-corrected chi connectivity index (χ3v) is 10.3. The number of carbonyl (C=O) groups excluding carboxylic acids is 2. The third-order valence-electron chi connectivity index (χ3n) is 6.95. The van der Waals surface area contributed by atoms with E-state index in [-0.39, 0.29) is 41.9 Å². The van der Waals surface area contributed by atoms with Crippen LogP contribution in [-0.4, -0.2) is 123 Å². The summed E-state index contributed by atoms with van der Waals surface area (Å²) in [5.41, 5.74) is 3.61. The number of fused-ring (bicyclic) bond motifs is 1. The lowest BCUT2D eigenvalue weighted by atomic mass is 9.87. The highest BCUT2D eigenvalue weighted by Gasteiger charge is 2.50. The summed E-state index contributed by atoms with van der Waals surface area (Å²) in [6.45, 7) is 5.81. The molecule has 0 aromatic carbocycles. The summed E-state index contributed by atoms with van der Waals surface area (Å²) in [6.07, 6.45) is -8.07. The Labute approximate surface area is 307 Å². The van der Waals surface area contributed by atoms with Crippen LogP contribution in [0.25, 0.3) is 11.2 Å². The average Bonchev–Trinajstić information content (AvgIpc) is 3.56. The van der Waals surface area contributed by atoms with Crippen molar-refractivity contribution in [2.75, 3.05) is 37.8 Å². The van der Waals surface area contributed by atoms with Crippen LogP contribution in [0.3, 0.4) is 0 Å². The Morgan fingerprint density at radius 2 is 1.70 bits per heavy atom. The van der Waals surface area contributed by atoms with Crippen molar-refractivity contribution in [3.8, 4) is 6.01 Å². The minimum Gasteiger partial charge on any atom is -0.458 e. The lowest BCUT2D eigenvalue weighted by Crippen LogP contribution is -2.46. The van der Waals surface area contributed by atoms with Crippen LogP contribution in [0, 0.1) is 5.41 Å². The Bertz CT molecular complexity index is 1760. The van der Waals surface area contributed by atoms with Crippen LogP contribution in [0.15, 0.2) is 6.33 Å². The van der Waals surface area contributed by atoms with E-state index in [0.717, 1.165) is 10.9 Å². The molecule has 7 atom stereocenters. The predicted molar refractivity (Wildman–Crippen MR) is 184 cm³/mol. The number of hydrogen-bond donors (Lipinski definition) is 10. The molecular formula is C25H44N7O17P3S. The van der Waals surface area contributed by atoms with Crippen LogP contribution >= 0.6 is 36.1 Å². The van der Waals surface area contributed by atoms with Crippen LogP contribution in [0.4, 0.5) is 5.82 Å². The molecule has 0 radical (unpaired) electrons. The molecule has 3 rings (SSSR count). The quantitative estimate of drug-likeness (QED) is 0.0630. The van der Waals surface area contributed by atoms with E-state index in [9.17, 15) is 53.1 Å². The largest absolute Gasteiger partial charge is 0.481 e. The zero-order valence-electron chi connectivity index (χ0n) is 29.0. The number of nitrogens with one attached hydrogen (secondary N) is 2. The van der Waals surface area contributed by atoms with Crippen molar-refractivity contribution in [3.05, 3.63) is 6.33 Å². The molecule has 2 amide bonds. The molecule has 0 spiro atoms. The number of phosphoric ester groups is 3. The standard InChI is InChI=1S/C25H44N7O17P3S/c1-24(2,3)47-23-30-19(26)15-20(31-23)32(12-29-15)22-16(34)17(48-50(37,38)39)13(46-22)10-44-51(40,41)49-52(42,43)45-11-25(4,5)18(35)21(36)28-7-6-14(33)27-8-9-53/h12-13,16-18,22,34-35,53H,6-11H2,1-5H3,(H,27,33)(H,28,36)(H,40,41)(H,42,43)(H2,26,30,31)(H2,37,38,39)/t13-,16-,17-,18+,22-/m1/s1. The summed E-state index contributed by atoms with van der Waals surface area (Å²) in [4.78, 5) is 75.8. The Morgan fingerprint density at radius 3 is 2.30 bits per heavy atom. The fraction of sp³-hybridized carbons (Fsp3) is 0.720. The maximum Gasteiger partial charge on any atom is 0.481 e. The maximum atomic E-state index is 12.7. The topological polar surface area (TPSA) is 356 Å². The first-order chi connectivity index (χ1) is 24.2. The van der Waals surface area contributed by atoms with Gasteiger partial charge >= 0.3 is 29.5 Å². The molecule has 1 fully saturated rings. The summed E-state index contributed by atoms with van der Waals surface area (Å²) in [6, 6.07) is -0.184. The highest BCUT2D eigenvalue weighted by Crippen LogP contribution is 2.61. The van der Waals surface area contributed by atoms with E-state index in [0.29, 0.717) is 12.3 Å². The molecule has 10 N–H and O–H groups in total. The first kappa shape index (κ1) is 45.1. The number of thiol groups is 1. The van der Waals surface area contributed by atoms with Gasteiger partial charge in [0, 0.05) is 30.7 Å². The van der Waals surface area contributed by atoms with Crippen molar-refractivity contribution >= 4 is 64.9 Å². The van der Waals surface area contributed by atoms with E-state index < -0.39 is 84.2 Å². The monoisotopic (exact) mass is 839 g/mol. The normalized spacial score (nSPS) is 22.6. The van der Waals surface area contributed by atoms with Crippen molar-refractivity contribution in [2.24, 2.45) is 5.41 Å². The summed E-state index contributed by atoms with van der Waals surface area (Å²) in [5, 5.41) is 26.4. The molecule has 2 unspecified atom stereocenters. The number of carbonyl (C=O) groups is 2. The van der Waals surface area contributed by atoms with Gasteiger partial charge in [0.15, 0.2) is 23.2 Å². The number of hydrogen-bond acceptors (Lipinski definition) is 18. The van der Waals surface area contributed by atoms with Crippen LogP contribution in [-0.2, 0) is 45.9 Å². The van der Waals surface area contributed by atoms with Gasteiger partial charge < -0.3 is 55.6 Å². The van der Waals surface area contributed by atoms with Gasteiger partial charge in [0.2, 0.25) is 11.8 Å². The smallest absolute Gasteiger partial charge is 0.458 e. The number of aromatic nitrogens is 4. The lowest BCUT2D eigenvalue weighted by Gasteiger charge is -2.30. The van der Waals surface area contributed by atoms with Gasteiger partial charge in [0.25, 0.3) is 0 Å². The molecule has 3 heterocycles. The zero-order valence-corrected chi connectivity index (χ0v) is 32.6. The maximum absolute atomic E-state index is 12.7. The second-order valence-electron chi connectivity index (χ2n) is 13.1. The summed E-state index contributed by atoms with van der Waals surface area (Å²) in [7, 11) is -16.4. The van der Waals surface area contributed by atoms with Gasteiger partial charge in [-0.15, -0.1) is 0 Å². The van der Waals surface area contributed by atoms with E-state index in [1.54, 1.807) is 20.8 Å². The zero-order chi connectivity index (χ0) is 40.2. The van der Waals surface area contributed by atoms with E-state index in [4.69, 9.17) is 24.3 Å². The van der Waals surface area contributed by atoms with Crippen molar-refractivity contribution in [2.45, 2.75) is 77.3 Å². The van der Waals surface area contributed by atoms with Gasteiger partial charge in [0.05, 0.1) is 19.5 Å². The van der Waals surface area contributed by atoms with Crippen molar-refractivity contribution in [1.29, 1.82) is 0 Å². The lowest BCUT2D eigenvalue weighted by molar-refractivity contribution is -0.137. The van der Waals surface area contributed by atoms with Crippen LogP contribution in [0.1, 0.15) is 47.3 Å². The number of imidazole rings is 1. The summed E-state index contributed by atoms with van der Waals surface area (Å²) >= 11 is 3.96. The Kier molecular flexibility index (Phi) is 15.0. The van der Waals surface area contributed by atoms with Crippen molar-refractivity contribution in [3.63, 3.8) is 0 Å². The number of aliphatic hydroxyl groups excluding tert-OH is 2. The SMILES string of the molecule is CC(C)(C)Oc1nc(N)c2ncn([C@@H]3O[C@H](COP(=O)(O)OP(=O)(O)OCC(C)(C)[C@@H](O)C(=O)NCCC(=O)NCCS)[C@@H](OP(=O)(O)O)[C@H]3O)c2n1. The van der Waals surface area contributed by atoms with Crippen LogP contribution in [0.2, 0.25) is 0 Å². The molecule has 28 heteroatoms. The number of nitrogens with zero attached hydrogens (tertiary/aromatic N) is 4. The number of phosphoric acid groups is 3. The van der Waals surface area contributed by atoms with Crippen LogP contribution in [0.5, 0.6) is 6.01 Å². The number of nitrogen functional groups attached to an aromatic ring is 1. The number of rotatable bonds is 19.